The van der Waals surface area contributed by atoms with Crippen molar-refractivity contribution in [2.45, 2.75) is 31.2 Å². The van der Waals surface area contributed by atoms with E-state index in [1.165, 1.54) is 11.3 Å². The highest BCUT2D eigenvalue weighted by atomic mass is 32.2. The molecule has 122 valence electrons. The fourth-order valence-electron chi connectivity index (χ4n) is 2.74. The van der Waals surface area contributed by atoms with E-state index in [0.29, 0.717) is 10.7 Å². The van der Waals surface area contributed by atoms with Crippen LogP contribution in [0.1, 0.15) is 34.3 Å². The van der Waals surface area contributed by atoms with Crippen molar-refractivity contribution in [1.82, 2.24) is 9.88 Å². The molecular weight excluding hydrogens is 326 g/mol. The number of rotatable bonds is 5. The maximum absolute atomic E-state index is 12.4. The largest absolute Gasteiger partial charge is 0.298 e. The number of carbonyl (C=O) groups is 1. The molecule has 0 unspecified atom stereocenters. The van der Waals surface area contributed by atoms with E-state index in [-0.39, 0.29) is 5.91 Å². The Kier molecular flexibility index (Phi) is 5.35. The van der Waals surface area contributed by atoms with Crippen molar-refractivity contribution < 1.29 is 4.79 Å². The molecular formula is C17H21N3OS2. The van der Waals surface area contributed by atoms with Gasteiger partial charge >= 0.3 is 0 Å². The lowest BCUT2D eigenvalue weighted by Crippen LogP contribution is -2.30. The SMILES string of the molecule is CCCN1CCc2nc(NC(=O)c3cccc(SC)c3)sc2C1. The van der Waals surface area contributed by atoms with Gasteiger partial charge in [0.05, 0.1) is 5.69 Å². The zero-order chi connectivity index (χ0) is 16.2. The molecule has 1 aliphatic rings. The molecule has 23 heavy (non-hydrogen) atoms. The second kappa shape index (κ2) is 7.47. The van der Waals surface area contributed by atoms with Gasteiger partial charge in [-0.2, -0.15) is 0 Å². The average Bonchev–Trinajstić information content (AvgIpc) is 2.96. The minimum atomic E-state index is -0.0857. The van der Waals surface area contributed by atoms with Gasteiger partial charge in [0.15, 0.2) is 5.13 Å². The lowest BCUT2D eigenvalue weighted by molar-refractivity contribution is 0.102. The molecule has 1 amide bonds. The van der Waals surface area contributed by atoms with Crippen LogP contribution in [0.25, 0.3) is 0 Å². The first-order valence-corrected chi connectivity index (χ1v) is 9.90. The lowest BCUT2D eigenvalue weighted by Gasteiger charge is -2.24. The molecule has 0 saturated carbocycles. The molecule has 1 aromatic heterocycles. The smallest absolute Gasteiger partial charge is 0.257 e. The van der Waals surface area contributed by atoms with E-state index >= 15 is 0 Å². The standard InChI is InChI=1S/C17H21N3OS2/c1-3-8-20-9-7-14-15(11-20)23-17(18-14)19-16(21)12-5-4-6-13(10-12)22-2/h4-6,10H,3,7-9,11H2,1-2H3,(H,18,19,21). The molecule has 0 fully saturated rings. The van der Waals surface area contributed by atoms with Crippen LogP contribution < -0.4 is 5.32 Å². The topological polar surface area (TPSA) is 45.2 Å². The summed E-state index contributed by atoms with van der Waals surface area (Å²) in [6.07, 6.45) is 4.15. The normalized spacial score (nSPS) is 14.5. The third kappa shape index (κ3) is 3.94. The molecule has 2 heterocycles. The molecule has 2 aromatic rings. The number of anilines is 1. The quantitative estimate of drug-likeness (QED) is 0.834. The Hall–Kier alpha value is -1.37. The first-order valence-electron chi connectivity index (χ1n) is 7.86. The number of aromatic nitrogens is 1. The van der Waals surface area contributed by atoms with Crippen molar-refractivity contribution in [3.63, 3.8) is 0 Å². The zero-order valence-corrected chi connectivity index (χ0v) is 15.1. The molecule has 0 atom stereocenters. The van der Waals surface area contributed by atoms with Crippen LogP contribution in [0, 0.1) is 0 Å². The number of hydrogen-bond acceptors (Lipinski definition) is 5. The van der Waals surface area contributed by atoms with Crippen molar-refractivity contribution in [1.29, 1.82) is 0 Å². The predicted octanol–water partition coefficient (Wildman–Crippen LogP) is 3.89. The molecule has 0 spiro atoms. The van der Waals surface area contributed by atoms with Gasteiger partial charge in [0.1, 0.15) is 0 Å². The molecule has 1 aliphatic heterocycles. The Morgan fingerprint density at radius 3 is 3.13 bits per heavy atom. The Morgan fingerprint density at radius 1 is 1.48 bits per heavy atom. The molecule has 1 N–H and O–H groups in total. The highest BCUT2D eigenvalue weighted by Crippen LogP contribution is 2.28. The lowest BCUT2D eigenvalue weighted by atomic mass is 10.2. The number of nitrogens with one attached hydrogen (secondary N) is 1. The third-order valence-electron chi connectivity index (χ3n) is 3.90. The van der Waals surface area contributed by atoms with Crippen molar-refractivity contribution in [3.8, 4) is 0 Å². The van der Waals surface area contributed by atoms with Crippen LogP contribution in [-0.4, -0.2) is 35.1 Å². The monoisotopic (exact) mass is 347 g/mol. The summed E-state index contributed by atoms with van der Waals surface area (Å²) in [5.74, 6) is -0.0857. The number of benzene rings is 1. The molecule has 0 bridgehead atoms. The minimum Gasteiger partial charge on any atom is -0.298 e. The van der Waals surface area contributed by atoms with Crippen molar-refractivity contribution in [2.24, 2.45) is 0 Å². The summed E-state index contributed by atoms with van der Waals surface area (Å²) in [5, 5.41) is 3.67. The summed E-state index contributed by atoms with van der Waals surface area (Å²) in [6.45, 7) is 5.35. The molecule has 4 nitrogen and oxygen atoms in total. The van der Waals surface area contributed by atoms with Crippen LogP contribution in [0.5, 0.6) is 0 Å². The van der Waals surface area contributed by atoms with E-state index in [4.69, 9.17) is 0 Å². The maximum atomic E-state index is 12.4. The number of fused-ring (bicyclic) bond motifs is 1. The van der Waals surface area contributed by atoms with Gasteiger partial charge in [-0.25, -0.2) is 4.98 Å². The van der Waals surface area contributed by atoms with Crippen LogP contribution in [0.3, 0.4) is 0 Å². The third-order valence-corrected chi connectivity index (χ3v) is 5.63. The number of hydrogen-bond donors (Lipinski definition) is 1. The second-order valence-corrected chi connectivity index (χ2v) is 7.56. The van der Waals surface area contributed by atoms with Crippen molar-refractivity contribution in [2.75, 3.05) is 24.7 Å². The molecule has 6 heteroatoms. The fourth-order valence-corrected chi connectivity index (χ4v) is 4.25. The summed E-state index contributed by atoms with van der Waals surface area (Å²) in [4.78, 5) is 21.8. The number of carbonyl (C=O) groups excluding carboxylic acids is 1. The Morgan fingerprint density at radius 2 is 2.35 bits per heavy atom. The molecule has 3 rings (SSSR count). The Bertz CT molecular complexity index is 699. The fraction of sp³-hybridized carbons (Fsp3) is 0.412. The van der Waals surface area contributed by atoms with Gasteiger partial charge in [-0.15, -0.1) is 23.1 Å². The second-order valence-electron chi connectivity index (χ2n) is 5.60. The number of thioether (sulfide) groups is 1. The first-order chi connectivity index (χ1) is 11.2. The van der Waals surface area contributed by atoms with E-state index in [0.717, 1.165) is 36.6 Å². The number of thiazole rings is 1. The van der Waals surface area contributed by atoms with Gasteiger partial charge in [0.2, 0.25) is 0 Å². The van der Waals surface area contributed by atoms with E-state index in [1.807, 2.05) is 30.5 Å². The van der Waals surface area contributed by atoms with Crippen LogP contribution in [-0.2, 0) is 13.0 Å². The van der Waals surface area contributed by atoms with Gasteiger partial charge < -0.3 is 0 Å². The molecule has 0 aliphatic carbocycles. The van der Waals surface area contributed by atoms with Gasteiger partial charge in [-0.1, -0.05) is 13.0 Å². The van der Waals surface area contributed by atoms with Gasteiger partial charge in [-0.3, -0.25) is 15.0 Å². The van der Waals surface area contributed by atoms with E-state index in [2.05, 4.69) is 22.1 Å². The average molecular weight is 348 g/mol. The summed E-state index contributed by atoms with van der Waals surface area (Å²) in [6, 6.07) is 7.67. The van der Waals surface area contributed by atoms with E-state index in [9.17, 15) is 4.79 Å². The molecule has 0 saturated heterocycles. The summed E-state index contributed by atoms with van der Waals surface area (Å²) < 4.78 is 0. The van der Waals surface area contributed by atoms with Crippen LogP contribution in [0.15, 0.2) is 29.2 Å². The maximum Gasteiger partial charge on any atom is 0.257 e. The summed E-state index contributed by atoms with van der Waals surface area (Å²) >= 11 is 3.24. The number of amides is 1. The predicted molar refractivity (Wildman–Crippen MR) is 97.6 cm³/mol. The highest BCUT2D eigenvalue weighted by molar-refractivity contribution is 7.98. The molecule has 1 aromatic carbocycles. The summed E-state index contributed by atoms with van der Waals surface area (Å²) in [7, 11) is 0. The molecule has 0 radical (unpaired) electrons. The van der Waals surface area contributed by atoms with E-state index in [1.54, 1.807) is 23.1 Å². The van der Waals surface area contributed by atoms with Gasteiger partial charge in [0, 0.05) is 34.8 Å². The van der Waals surface area contributed by atoms with Crippen LogP contribution in [0.2, 0.25) is 0 Å². The summed E-state index contributed by atoms with van der Waals surface area (Å²) in [5.41, 5.74) is 1.83. The van der Waals surface area contributed by atoms with Crippen molar-refractivity contribution in [3.05, 3.63) is 40.4 Å². The first kappa shape index (κ1) is 16.5. The Balaban J connectivity index is 1.70. The van der Waals surface area contributed by atoms with Crippen LogP contribution in [0.4, 0.5) is 5.13 Å². The zero-order valence-electron chi connectivity index (χ0n) is 13.5. The minimum absolute atomic E-state index is 0.0857. The van der Waals surface area contributed by atoms with Gasteiger partial charge in [0.25, 0.3) is 5.91 Å². The highest BCUT2D eigenvalue weighted by Gasteiger charge is 2.21. The Labute approximate surface area is 145 Å². The van der Waals surface area contributed by atoms with Crippen LogP contribution >= 0.6 is 23.1 Å². The number of nitrogens with zero attached hydrogens (tertiary/aromatic N) is 2. The van der Waals surface area contributed by atoms with Gasteiger partial charge in [-0.05, 0) is 37.4 Å². The van der Waals surface area contributed by atoms with Crippen molar-refractivity contribution >= 4 is 34.1 Å². The van der Waals surface area contributed by atoms with E-state index < -0.39 is 0 Å².